The minimum absolute atomic E-state index is 0.0219. The minimum atomic E-state index is -0.342. The second kappa shape index (κ2) is 5.15. The van der Waals surface area contributed by atoms with E-state index in [-0.39, 0.29) is 12.1 Å². The number of methoxy groups -OCH3 is 1. The molecule has 19 heavy (non-hydrogen) atoms. The van der Waals surface area contributed by atoms with Crippen molar-refractivity contribution in [1.29, 1.82) is 0 Å². The molecule has 1 aliphatic rings. The number of nitrogens with one attached hydrogen (secondary N) is 1. The summed E-state index contributed by atoms with van der Waals surface area (Å²) in [6, 6.07) is 7.80. The van der Waals surface area contributed by atoms with Gasteiger partial charge in [-0.25, -0.2) is 0 Å². The van der Waals surface area contributed by atoms with Crippen LogP contribution in [0.15, 0.2) is 30.5 Å². The Morgan fingerprint density at radius 3 is 3.05 bits per heavy atom. The number of aromatic nitrogens is 1. The number of pyridine rings is 1. The van der Waals surface area contributed by atoms with Gasteiger partial charge in [-0.05, 0) is 49.2 Å². The molecule has 0 spiro atoms. The Morgan fingerprint density at radius 1 is 1.37 bits per heavy atom. The normalized spacial score (nSPS) is 23.5. The van der Waals surface area contributed by atoms with Gasteiger partial charge < -0.3 is 15.2 Å². The molecule has 0 saturated carbocycles. The molecule has 1 saturated heterocycles. The van der Waals surface area contributed by atoms with Gasteiger partial charge in [-0.1, -0.05) is 0 Å². The molecule has 4 nitrogen and oxygen atoms in total. The van der Waals surface area contributed by atoms with Gasteiger partial charge in [-0.15, -0.1) is 0 Å². The van der Waals surface area contributed by atoms with Gasteiger partial charge in [0.2, 0.25) is 0 Å². The van der Waals surface area contributed by atoms with Gasteiger partial charge >= 0.3 is 0 Å². The van der Waals surface area contributed by atoms with E-state index >= 15 is 0 Å². The lowest BCUT2D eigenvalue weighted by atomic mass is 9.92. The summed E-state index contributed by atoms with van der Waals surface area (Å²) in [6.07, 6.45) is 3.31. The summed E-state index contributed by atoms with van der Waals surface area (Å²) < 4.78 is 5.28. The predicted octanol–water partition coefficient (Wildman–Crippen LogP) is 2.03. The molecule has 1 aromatic carbocycles. The predicted molar refractivity (Wildman–Crippen MR) is 74.3 cm³/mol. The Kier molecular flexibility index (Phi) is 3.36. The lowest BCUT2D eigenvalue weighted by Gasteiger charge is -2.30. The highest BCUT2D eigenvalue weighted by atomic mass is 16.5. The van der Waals surface area contributed by atoms with E-state index in [0.29, 0.717) is 0 Å². The van der Waals surface area contributed by atoms with Crippen molar-refractivity contribution in [3.05, 3.63) is 36.0 Å². The van der Waals surface area contributed by atoms with E-state index in [1.807, 2.05) is 24.3 Å². The van der Waals surface area contributed by atoms with Crippen LogP contribution in [0, 0.1) is 0 Å². The van der Waals surface area contributed by atoms with Gasteiger partial charge in [0.25, 0.3) is 0 Å². The van der Waals surface area contributed by atoms with Crippen molar-refractivity contribution < 1.29 is 9.84 Å². The van der Waals surface area contributed by atoms with E-state index in [9.17, 15) is 5.11 Å². The summed E-state index contributed by atoms with van der Waals surface area (Å²) in [5.41, 5.74) is 2.02. The number of hydrogen-bond acceptors (Lipinski definition) is 4. The fourth-order valence-corrected chi connectivity index (χ4v) is 2.73. The van der Waals surface area contributed by atoms with Gasteiger partial charge in [-0.3, -0.25) is 4.98 Å². The van der Waals surface area contributed by atoms with Crippen molar-refractivity contribution in [3.8, 4) is 5.75 Å². The van der Waals surface area contributed by atoms with E-state index in [4.69, 9.17) is 4.74 Å². The smallest absolute Gasteiger partial charge is 0.119 e. The molecular weight excluding hydrogens is 240 g/mol. The van der Waals surface area contributed by atoms with Gasteiger partial charge in [0.15, 0.2) is 0 Å². The lowest BCUT2D eigenvalue weighted by Crippen LogP contribution is -2.37. The molecule has 4 heteroatoms. The van der Waals surface area contributed by atoms with Crippen molar-refractivity contribution in [2.24, 2.45) is 0 Å². The van der Waals surface area contributed by atoms with Gasteiger partial charge in [0.1, 0.15) is 5.75 Å². The molecule has 2 heterocycles. The van der Waals surface area contributed by atoms with Crippen LogP contribution in [0.3, 0.4) is 0 Å². The highest BCUT2D eigenvalue weighted by Gasteiger charge is 2.25. The average molecular weight is 258 g/mol. The van der Waals surface area contributed by atoms with E-state index in [1.165, 1.54) is 0 Å². The summed E-state index contributed by atoms with van der Waals surface area (Å²) >= 11 is 0. The highest BCUT2D eigenvalue weighted by molar-refractivity contribution is 5.84. The largest absolute Gasteiger partial charge is 0.497 e. The van der Waals surface area contributed by atoms with Gasteiger partial charge in [0.05, 0.1) is 24.8 Å². The van der Waals surface area contributed by atoms with E-state index < -0.39 is 0 Å². The van der Waals surface area contributed by atoms with Crippen molar-refractivity contribution in [2.45, 2.75) is 25.0 Å². The van der Waals surface area contributed by atoms with Crippen LogP contribution in [0.2, 0.25) is 0 Å². The highest BCUT2D eigenvalue weighted by Crippen LogP contribution is 2.30. The van der Waals surface area contributed by atoms with Crippen molar-refractivity contribution in [2.75, 3.05) is 13.7 Å². The van der Waals surface area contributed by atoms with Gasteiger partial charge in [-0.2, -0.15) is 0 Å². The molecule has 100 valence electrons. The first kappa shape index (κ1) is 12.4. The number of hydrogen-bond donors (Lipinski definition) is 2. The van der Waals surface area contributed by atoms with Gasteiger partial charge in [0, 0.05) is 11.6 Å². The Hall–Kier alpha value is -1.65. The monoisotopic (exact) mass is 258 g/mol. The zero-order valence-corrected chi connectivity index (χ0v) is 11.0. The van der Waals surface area contributed by atoms with Crippen molar-refractivity contribution >= 4 is 10.9 Å². The first-order chi connectivity index (χ1) is 9.29. The molecular formula is C15H18N2O2. The van der Waals surface area contributed by atoms with Crippen LogP contribution in [-0.2, 0) is 0 Å². The summed E-state index contributed by atoms with van der Waals surface area (Å²) in [5, 5.41) is 14.6. The maximum Gasteiger partial charge on any atom is 0.119 e. The second-order valence-electron chi connectivity index (χ2n) is 4.92. The third-order valence-electron chi connectivity index (χ3n) is 3.74. The summed E-state index contributed by atoms with van der Waals surface area (Å²) in [6.45, 7) is 0.940. The van der Waals surface area contributed by atoms with Crippen LogP contribution >= 0.6 is 0 Å². The summed E-state index contributed by atoms with van der Waals surface area (Å²) in [5.74, 6) is 0.812. The molecule has 0 amide bonds. The minimum Gasteiger partial charge on any atom is -0.497 e. The SMILES string of the molecule is COc1ccc2nccc(C3NCCCC3O)c2c1. The summed E-state index contributed by atoms with van der Waals surface area (Å²) in [4.78, 5) is 4.37. The van der Waals surface area contributed by atoms with Crippen LogP contribution in [0.1, 0.15) is 24.4 Å². The number of rotatable bonds is 2. The maximum absolute atomic E-state index is 10.2. The maximum atomic E-state index is 10.2. The Balaban J connectivity index is 2.11. The number of aliphatic hydroxyl groups excluding tert-OH is 1. The second-order valence-corrected chi connectivity index (χ2v) is 4.92. The van der Waals surface area contributed by atoms with Crippen LogP contribution in [0.25, 0.3) is 10.9 Å². The molecule has 2 aromatic rings. The van der Waals surface area contributed by atoms with Crippen LogP contribution in [0.5, 0.6) is 5.75 Å². The average Bonchev–Trinajstić information content (AvgIpc) is 2.47. The number of fused-ring (bicyclic) bond motifs is 1. The third kappa shape index (κ3) is 2.29. The number of aliphatic hydroxyl groups is 1. The van der Waals surface area contributed by atoms with Crippen LogP contribution in [0.4, 0.5) is 0 Å². The molecule has 3 rings (SSSR count). The van der Waals surface area contributed by atoms with Crippen LogP contribution in [-0.4, -0.2) is 29.8 Å². The van der Waals surface area contributed by atoms with E-state index in [1.54, 1.807) is 13.3 Å². The molecule has 0 bridgehead atoms. The molecule has 0 radical (unpaired) electrons. The Bertz CT molecular complexity index is 585. The fourth-order valence-electron chi connectivity index (χ4n) is 2.73. The number of piperidine rings is 1. The zero-order valence-electron chi connectivity index (χ0n) is 11.0. The fraction of sp³-hybridized carbons (Fsp3) is 0.400. The number of nitrogens with zero attached hydrogens (tertiary/aromatic N) is 1. The first-order valence-electron chi connectivity index (χ1n) is 6.63. The number of benzene rings is 1. The van der Waals surface area contributed by atoms with E-state index in [0.717, 1.165) is 41.6 Å². The Morgan fingerprint density at radius 2 is 2.26 bits per heavy atom. The van der Waals surface area contributed by atoms with Crippen molar-refractivity contribution in [1.82, 2.24) is 10.3 Å². The first-order valence-corrected chi connectivity index (χ1v) is 6.63. The molecule has 2 N–H and O–H groups in total. The molecule has 2 unspecified atom stereocenters. The molecule has 1 fully saturated rings. The lowest BCUT2D eigenvalue weighted by molar-refractivity contribution is 0.0971. The van der Waals surface area contributed by atoms with Crippen molar-refractivity contribution in [3.63, 3.8) is 0 Å². The molecule has 1 aromatic heterocycles. The quantitative estimate of drug-likeness (QED) is 0.865. The summed E-state index contributed by atoms with van der Waals surface area (Å²) in [7, 11) is 1.66. The zero-order chi connectivity index (χ0) is 13.2. The molecule has 2 atom stereocenters. The number of ether oxygens (including phenoxy) is 1. The molecule has 1 aliphatic heterocycles. The standard InChI is InChI=1S/C15H18N2O2/c1-19-10-4-5-13-12(9-10)11(6-8-16-13)15-14(18)3-2-7-17-15/h4-6,8-9,14-15,17-18H,2-3,7H2,1H3. The topological polar surface area (TPSA) is 54.4 Å². The van der Waals surface area contributed by atoms with E-state index in [2.05, 4.69) is 10.3 Å². The molecule has 0 aliphatic carbocycles. The van der Waals surface area contributed by atoms with Crippen LogP contribution < -0.4 is 10.1 Å². The Labute approximate surface area is 112 Å². The third-order valence-corrected chi connectivity index (χ3v) is 3.74.